The first-order valence-electron chi connectivity index (χ1n) is 4.12. The number of rotatable bonds is 3. The van der Waals surface area contributed by atoms with Gasteiger partial charge in [-0.15, -0.1) is 0 Å². The molecule has 0 amide bonds. The summed E-state index contributed by atoms with van der Waals surface area (Å²) in [4.78, 5) is 0. The lowest BCUT2D eigenvalue weighted by atomic mass is 10.1. The molecule has 1 N–H and O–H groups in total. The molecule has 0 saturated heterocycles. The molecule has 2 unspecified atom stereocenters. The number of alkyl halides is 1. The molecule has 2 heteroatoms. The summed E-state index contributed by atoms with van der Waals surface area (Å²) >= 11 is 0. The van der Waals surface area contributed by atoms with Crippen molar-refractivity contribution in [2.45, 2.75) is 19.1 Å². The van der Waals surface area contributed by atoms with Crippen molar-refractivity contribution in [3.8, 4) is 0 Å². The molecule has 66 valence electrons. The van der Waals surface area contributed by atoms with Crippen molar-refractivity contribution in [1.29, 1.82) is 0 Å². The van der Waals surface area contributed by atoms with Crippen molar-refractivity contribution in [2.75, 3.05) is 7.05 Å². The molecule has 1 nitrogen and oxygen atoms in total. The molecule has 1 aromatic rings. The largest absolute Gasteiger partial charge is 0.314 e. The van der Waals surface area contributed by atoms with E-state index < -0.39 is 6.17 Å². The second-order valence-electron chi connectivity index (χ2n) is 2.89. The van der Waals surface area contributed by atoms with E-state index in [1.807, 2.05) is 25.1 Å². The zero-order valence-corrected chi connectivity index (χ0v) is 7.42. The average molecular weight is 167 g/mol. The fourth-order valence-electron chi connectivity index (χ4n) is 1.07. The zero-order chi connectivity index (χ0) is 8.97. The minimum Gasteiger partial charge on any atom is -0.314 e. The Morgan fingerprint density at radius 1 is 1.25 bits per heavy atom. The standard InChI is InChI=1S/C10H14FN/c1-8(12-2)10(11)9-6-4-3-5-7-9/h3-8,10,12H,1-2H3. The molecule has 2 atom stereocenters. The van der Waals surface area contributed by atoms with Crippen LogP contribution in [0.15, 0.2) is 30.3 Å². The predicted octanol–water partition coefficient (Wildman–Crippen LogP) is 2.31. The Morgan fingerprint density at radius 3 is 2.33 bits per heavy atom. The summed E-state index contributed by atoms with van der Waals surface area (Å²) in [7, 11) is 1.76. The first kappa shape index (κ1) is 9.20. The Balaban J connectivity index is 2.71. The number of benzene rings is 1. The van der Waals surface area contributed by atoms with E-state index in [4.69, 9.17) is 0 Å². The predicted molar refractivity (Wildman–Crippen MR) is 48.8 cm³/mol. The molecular formula is C10H14FN. The molecule has 12 heavy (non-hydrogen) atoms. The maximum Gasteiger partial charge on any atom is 0.140 e. The van der Waals surface area contributed by atoms with Gasteiger partial charge in [0.1, 0.15) is 6.17 Å². The van der Waals surface area contributed by atoms with Gasteiger partial charge in [-0.25, -0.2) is 4.39 Å². The number of hydrogen-bond acceptors (Lipinski definition) is 1. The maximum absolute atomic E-state index is 13.5. The van der Waals surface area contributed by atoms with Crippen LogP contribution in [0.1, 0.15) is 18.7 Å². The molecular weight excluding hydrogens is 153 g/mol. The van der Waals surface area contributed by atoms with Crippen LogP contribution in [0.25, 0.3) is 0 Å². The molecule has 1 rings (SSSR count). The van der Waals surface area contributed by atoms with E-state index in [9.17, 15) is 4.39 Å². The molecule has 0 aliphatic carbocycles. The van der Waals surface area contributed by atoms with E-state index in [0.717, 1.165) is 5.56 Å². The lowest BCUT2D eigenvalue weighted by Gasteiger charge is -2.15. The molecule has 0 spiro atoms. The molecule has 0 fully saturated rings. The van der Waals surface area contributed by atoms with Gasteiger partial charge in [0.15, 0.2) is 0 Å². The first-order valence-corrected chi connectivity index (χ1v) is 4.12. The van der Waals surface area contributed by atoms with E-state index in [2.05, 4.69) is 5.32 Å². The van der Waals surface area contributed by atoms with Gasteiger partial charge in [-0.05, 0) is 19.5 Å². The first-order chi connectivity index (χ1) is 5.75. The molecule has 0 aromatic heterocycles. The molecule has 0 aliphatic rings. The van der Waals surface area contributed by atoms with Crippen LogP contribution in [0.2, 0.25) is 0 Å². The van der Waals surface area contributed by atoms with E-state index >= 15 is 0 Å². The second-order valence-corrected chi connectivity index (χ2v) is 2.89. The highest BCUT2D eigenvalue weighted by Gasteiger charge is 2.15. The Labute approximate surface area is 72.6 Å². The van der Waals surface area contributed by atoms with Crippen LogP contribution in [0.3, 0.4) is 0 Å². The fraction of sp³-hybridized carbons (Fsp3) is 0.400. The van der Waals surface area contributed by atoms with Crippen LogP contribution in [0.5, 0.6) is 0 Å². The van der Waals surface area contributed by atoms with Gasteiger partial charge in [0.25, 0.3) is 0 Å². The lowest BCUT2D eigenvalue weighted by Crippen LogP contribution is -2.26. The fourth-order valence-corrected chi connectivity index (χ4v) is 1.07. The third kappa shape index (κ3) is 2.05. The highest BCUT2D eigenvalue weighted by atomic mass is 19.1. The zero-order valence-electron chi connectivity index (χ0n) is 7.42. The molecule has 0 bridgehead atoms. The Kier molecular flexibility index (Phi) is 3.23. The van der Waals surface area contributed by atoms with Crippen LogP contribution in [0, 0.1) is 0 Å². The van der Waals surface area contributed by atoms with Crippen LogP contribution >= 0.6 is 0 Å². The second kappa shape index (κ2) is 4.21. The Bertz CT molecular complexity index is 223. The maximum atomic E-state index is 13.5. The van der Waals surface area contributed by atoms with Crippen molar-refractivity contribution >= 4 is 0 Å². The number of hydrogen-bond donors (Lipinski definition) is 1. The molecule has 0 heterocycles. The molecule has 0 saturated carbocycles. The molecule has 0 radical (unpaired) electrons. The van der Waals surface area contributed by atoms with Crippen molar-refractivity contribution in [3.63, 3.8) is 0 Å². The van der Waals surface area contributed by atoms with E-state index in [0.29, 0.717) is 0 Å². The van der Waals surface area contributed by atoms with Crippen LogP contribution in [0.4, 0.5) is 4.39 Å². The minimum absolute atomic E-state index is 0.132. The summed E-state index contributed by atoms with van der Waals surface area (Å²) in [5, 5.41) is 2.89. The van der Waals surface area contributed by atoms with Gasteiger partial charge in [-0.3, -0.25) is 0 Å². The highest BCUT2D eigenvalue weighted by Crippen LogP contribution is 2.20. The topological polar surface area (TPSA) is 12.0 Å². The van der Waals surface area contributed by atoms with Crippen LogP contribution in [-0.4, -0.2) is 13.1 Å². The SMILES string of the molecule is CNC(C)C(F)c1ccccc1. The smallest absolute Gasteiger partial charge is 0.140 e. The number of halogens is 1. The van der Waals surface area contributed by atoms with Crippen molar-refractivity contribution < 1.29 is 4.39 Å². The number of likely N-dealkylation sites (N-methyl/N-ethyl adjacent to an activating group) is 1. The molecule has 1 aromatic carbocycles. The minimum atomic E-state index is -0.920. The van der Waals surface area contributed by atoms with Gasteiger partial charge in [-0.1, -0.05) is 30.3 Å². The van der Waals surface area contributed by atoms with Gasteiger partial charge in [0.05, 0.1) is 0 Å². The summed E-state index contributed by atoms with van der Waals surface area (Å²) < 4.78 is 13.5. The van der Waals surface area contributed by atoms with E-state index in [-0.39, 0.29) is 6.04 Å². The van der Waals surface area contributed by atoms with E-state index in [1.165, 1.54) is 0 Å². The van der Waals surface area contributed by atoms with Crippen LogP contribution < -0.4 is 5.32 Å². The quantitative estimate of drug-likeness (QED) is 0.728. The summed E-state index contributed by atoms with van der Waals surface area (Å²) in [5.74, 6) is 0. The Hall–Kier alpha value is -0.890. The summed E-state index contributed by atoms with van der Waals surface area (Å²) in [6.07, 6.45) is -0.920. The van der Waals surface area contributed by atoms with Crippen LogP contribution in [-0.2, 0) is 0 Å². The number of nitrogens with one attached hydrogen (secondary N) is 1. The van der Waals surface area contributed by atoms with Crippen molar-refractivity contribution in [2.24, 2.45) is 0 Å². The molecule has 0 aliphatic heterocycles. The van der Waals surface area contributed by atoms with Crippen molar-refractivity contribution in [1.82, 2.24) is 5.32 Å². The van der Waals surface area contributed by atoms with Gasteiger partial charge in [-0.2, -0.15) is 0 Å². The van der Waals surface area contributed by atoms with Gasteiger partial charge in [0.2, 0.25) is 0 Å². The van der Waals surface area contributed by atoms with Gasteiger partial charge >= 0.3 is 0 Å². The average Bonchev–Trinajstić information content (AvgIpc) is 2.17. The summed E-state index contributed by atoms with van der Waals surface area (Å²) in [6, 6.07) is 9.07. The summed E-state index contributed by atoms with van der Waals surface area (Å²) in [6.45, 7) is 1.83. The Morgan fingerprint density at radius 2 is 1.83 bits per heavy atom. The summed E-state index contributed by atoms with van der Waals surface area (Å²) in [5.41, 5.74) is 0.736. The van der Waals surface area contributed by atoms with Crippen molar-refractivity contribution in [3.05, 3.63) is 35.9 Å². The lowest BCUT2D eigenvalue weighted by molar-refractivity contribution is 0.275. The monoisotopic (exact) mass is 167 g/mol. The highest BCUT2D eigenvalue weighted by molar-refractivity contribution is 5.18. The van der Waals surface area contributed by atoms with Gasteiger partial charge < -0.3 is 5.32 Å². The van der Waals surface area contributed by atoms with E-state index in [1.54, 1.807) is 19.2 Å². The third-order valence-electron chi connectivity index (χ3n) is 2.01. The third-order valence-corrected chi connectivity index (χ3v) is 2.01. The van der Waals surface area contributed by atoms with Gasteiger partial charge in [0, 0.05) is 6.04 Å². The normalized spacial score (nSPS) is 15.6.